The fourth-order valence-corrected chi connectivity index (χ4v) is 3.05. The minimum Gasteiger partial charge on any atom is -0.347 e. The van der Waals surface area contributed by atoms with E-state index in [9.17, 15) is 0 Å². The van der Waals surface area contributed by atoms with Crippen LogP contribution in [0.3, 0.4) is 0 Å². The van der Waals surface area contributed by atoms with Gasteiger partial charge in [0.15, 0.2) is 0 Å². The molecule has 2 heterocycles. The Kier molecular flexibility index (Phi) is 2.80. The summed E-state index contributed by atoms with van der Waals surface area (Å²) in [6.45, 7) is 2.04. The van der Waals surface area contributed by atoms with Crippen LogP contribution in [0.2, 0.25) is 0 Å². The summed E-state index contributed by atoms with van der Waals surface area (Å²) >= 11 is 0. The smallest absolute Gasteiger partial charge is 0.0692 e. The third-order valence-electron chi connectivity index (χ3n) is 4.29. The molecule has 1 aromatic carbocycles. The number of rotatable bonds is 5. The van der Waals surface area contributed by atoms with Crippen LogP contribution in [0.1, 0.15) is 12.8 Å². The molecule has 0 radical (unpaired) electrons. The van der Waals surface area contributed by atoms with Gasteiger partial charge in [0.25, 0.3) is 0 Å². The Balaban J connectivity index is 1.58. The number of hydrogen-bond donors (Lipinski definition) is 0. The van der Waals surface area contributed by atoms with Crippen molar-refractivity contribution in [3.63, 3.8) is 0 Å². The zero-order valence-electron chi connectivity index (χ0n) is 11.4. The molecule has 0 amide bonds. The Morgan fingerprint density at radius 3 is 2.80 bits per heavy atom. The van der Waals surface area contributed by atoms with Gasteiger partial charge in [-0.3, -0.25) is 4.68 Å². The number of nitrogens with zero attached hydrogens (tertiary/aromatic N) is 4. The van der Waals surface area contributed by atoms with Gasteiger partial charge in [0.1, 0.15) is 0 Å². The van der Waals surface area contributed by atoms with Gasteiger partial charge in [0, 0.05) is 31.0 Å². The second kappa shape index (κ2) is 4.78. The Morgan fingerprint density at radius 2 is 2.00 bits per heavy atom. The summed E-state index contributed by atoms with van der Waals surface area (Å²) in [6.07, 6.45) is 8.65. The molecule has 4 nitrogen and oxygen atoms in total. The van der Waals surface area contributed by atoms with Gasteiger partial charge in [-0.15, -0.1) is 5.10 Å². The van der Waals surface area contributed by atoms with Crippen LogP contribution in [0.25, 0.3) is 10.9 Å². The molecule has 4 rings (SSSR count). The standard InChI is InChI=1S/C16H18N4/c1-2-4-16-14(3-1)7-9-19(16)11-15(13-5-6-13)12-20-10-8-17-18-20/h1-4,7-10,13,15H,5-6,11-12H2. The SMILES string of the molecule is c1ccc2c(c1)ccn2CC(Cn1ccnn1)C1CC1. The van der Waals surface area contributed by atoms with Gasteiger partial charge in [0.2, 0.25) is 0 Å². The average Bonchev–Trinajstić information content (AvgIpc) is 3.05. The zero-order valence-corrected chi connectivity index (χ0v) is 11.4. The molecule has 0 saturated heterocycles. The van der Waals surface area contributed by atoms with Gasteiger partial charge >= 0.3 is 0 Å². The van der Waals surface area contributed by atoms with Crippen molar-refractivity contribution < 1.29 is 0 Å². The quantitative estimate of drug-likeness (QED) is 0.711. The molecule has 0 spiro atoms. The molecule has 0 N–H and O–H groups in total. The van der Waals surface area contributed by atoms with Gasteiger partial charge in [-0.2, -0.15) is 0 Å². The van der Waals surface area contributed by atoms with Crippen molar-refractivity contribution >= 4 is 10.9 Å². The van der Waals surface area contributed by atoms with Gasteiger partial charge in [-0.1, -0.05) is 23.4 Å². The van der Waals surface area contributed by atoms with Crippen LogP contribution in [0, 0.1) is 11.8 Å². The van der Waals surface area contributed by atoms with Crippen molar-refractivity contribution in [2.45, 2.75) is 25.9 Å². The Labute approximate surface area is 118 Å². The molecule has 1 aliphatic carbocycles. The largest absolute Gasteiger partial charge is 0.347 e. The molecule has 1 unspecified atom stereocenters. The molecule has 102 valence electrons. The summed E-state index contributed by atoms with van der Waals surface area (Å²) in [5.41, 5.74) is 1.33. The van der Waals surface area contributed by atoms with Crippen LogP contribution in [0.15, 0.2) is 48.9 Å². The van der Waals surface area contributed by atoms with E-state index in [0.29, 0.717) is 5.92 Å². The van der Waals surface area contributed by atoms with E-state index >= 15 is 0 Å². The minimum atomic E-state index is 0.646. The van der Waals surface area contributed by atoms with E-state index in [2.05, 4.69) is 51.4 Å². The molecular weight excluding hydrogens is 248 g/mol. The van der Waals surface area contributed by atoms with E-state index in [1.165, 1.54) is 23.7 Å². The summed E-state index contributed by atoms with van der Waals surface area (Å²) < 4.78 is 4.35. The average molecular weight is 266 g/mol. The minimum absolute atomic E-state index is 0.646. The highest BCUT2D eigenvalue weighted by Gasteiger charge is 2.31. The van der Waals surface area contributed by atoms with Crippen molar-refractivity contribution in [3.05, 3.63) is 48.9 Å². The highest BCUT2D eigenvalue weighted by atomic mass is 15.4. The zero-order chi connectivity index (χ0) is 13.4. The molecule has 3 aromatic rings. The van der Waals surface area contributed by atoms with E-state index in [1.54, 1.807) is 6.20 Å². The number of para-hydroxylation sites is 1. The van der Waals surface area contributed by atoms with Crippen LogP contribution in [0.5, 0.6) is 0 Å². The Bertz CT molecular complexity index is 694. The Hall–Kier alpha value is -2.10. The van der Waals surface area contributed by atoms with Gasteiger partial charge in [0.05, 0.1) is 6.20 Å². The molecule has 0 bridgehead atoms. The molecule has 20 heavy (non-hydrogen) atoms. The lowest BCUT2D eigenvalue weighted by molar-refractivity contribution is 0.329. The maximum absolute atomic E-state index is 4.12. The van der Waals surface area contributed by atoms with Crippen LogP contribution < -0.4 is 0 Å². The third kappa shape index (κ3) is 2.22. The number of aromatic nitrogens is 4. The van der Waals surface area contributed by atoms with E-state index in [0.717, 1.165) is 19.0 Å². The lowest BCUT2D eigenvalue weighted by Crippen LogP contribution is -2.19. The normalized spacial score (nSPS) is 16.6. The van der Waals surface area contributed by atoms with Gasteiger partial charge in [-0.25, -0.2) is 0 Å². The molecular formula is C16H18N4. The van der Waals surface area contributed by atoms with E-state index < -0.39 is 0 Å². The summed E-state index contributed by atoms with van der Waals surface area (Å²) in [4.78, 5) is 0. The first-order chi connectivity index (χ1) is 9.90. The molecule has 1 saturated carbocycles. The molecule has 4 heteroatoms. The molecule has 1 fully saturated rings. The molecule has 2 aromatic heterocycles. The van der Waals surface area contributed by atoms with Crippen LogP contribution >= 0.6 is 0 Å². The maximum atomic E-state index is 4.12. The van der Waals surface area contributed by atoms with E-state index in [4.69, 9.17) is 0 Å². The first-order valence-corrected chi connectivity index (χ1v) is 7.28. The number of benzene rings is 1. The molecule has 1 atom stereocenters. The van der Waals surface area contributed by atoms with Crippen LogP contribution in [-0.4, -0.2) is 19.6 Å². The topological polar surface area (TPSA) is 35.6 Å². The fourth-order valence-electron chi connectivity index (χ4n) is 3.05. The summed E-state index contributed by atoms with van der Waals surface area (Å²) in [5, 5.41) is 9.35. The second-order valence-corrected chi connectivity index (χ2v) is 5.75. The number of fused-ring (bicyclic) bond motifs is 1. The van der Waals surface area contributed by atoms with E-state index in [-0.39, 0.29) is 0 Å². The van der Waals surface area contributed by atoms with Gasteiger partial charge in [-0.05, 0) is 42.2 Å². The van der Waals surface area contributed by atoms with Crippen molar-refractivity contribution in [1.29, 1.82) is 0 Å². The second-order valence-electron chi connectivity index (χ2n) is 5.75. The first-order valence-electron chi connectivity index (χ1n) is 7.28. The van der Waals surface area contributed by atoms with Gasteiger partial charge < -0.3 is 4.57 Å². The molecule has 0 aliphatic heterocycles. The van der Waals surface area contributed by atoms with Crippen molar-refractivity contribution in [2.24, 2.45) is 11.8 Å². The predicted octanol–water partition coefficient (Wildman–Crippen LogP) is 2.96. The fraction of sp³-hybridized carbons (Fsp3) is 0.375. The summed E-state index contributed by atoms with van der Waals surface area (Å²) in [5.74, 6) is 1.49. The molecule has 1 aliphatic rings. The van der Waals surface area contributed by atoms with Crippen LogP contribution in [0.4, 0.5) is 0 Å². The van der Waals surface area contributed by atoms with E-state index in [1.807, 2.05) is 10.9 Å². The highest BCUT2D eigenvalue weighted by molar-refractivity contribution is 5.79. The number of hydrogen-bond acceptors (Lipinski definition) is 2. The Morgan fingerprint density at radius 1 is 1.10 bits per heavy atom. The highest BCUT2D eigenvalue weighted by Crippen LogP contribution is 2.38. The lowest BCUT2D eigenvalue weighted by Gasteiger charge is -2.17. The summed E-state index contributed by atoms with van der Waals surface area (Å²) in [7, 11) is 0. The third-order valence-corrected chi connectivity index (χ3v) is 4.29. The lowest BCUT2D eigenvalue weighted by atomic mass is 10.0. The van der Waals surface area contributed by atoms with Crippen LogP contribution in [-0.2, 0) is 13.1 Å². The first kappa shape index (κ1) is 11.7. The summed E-state index contributed by atoms with van der Waals surface area (Å²) in [6, 6.07) is 10.8. The van der Waals surface area contributed by atoms with Crippen molar-refractivity contribution in [1.82, 2.24) is 19.6 Å². The monoisotopic (exact) mass is 266 g/mol. The van der Waals surface area contributed by atoms with Crippen molar-refractivity contribution in [3.8, 4) is 0 Å². The predicted molar refractivity (Wildman–Crippen MR) is 78.2 cm³/mol. The van der Waals surface area contributed by atoms with Crippen molar-refractivity contribution in [2.75, 3.05) is 0 Å². The maximum Gasteiger partial charge on any atom is 0.0692 e.